The first kappa shape index (κ1) is 14.6. The molecule has 0 nitrogen and oxygen atoms in total. The Kier molecular flexibility index (Phi) is 4.71. The minimum absolute atomic E-state index is 0.268. The summed E-state index contributed by atoms with van der Waals surface area (Å²) in [6.07, 6.45) is 22.7. The van der Waals surface area contributed by atoms with E-state index in [0.29, 0.717) is 5.41 Å². The molecule has 0 heteroatoms. The van der Waals surface area contributed by atoms with Gasteiger partial charge < -0.3 is 0 Å². The van der Waals surface area contributed by atoms with Crippen molar-refractivity contribution in [3.8, 4) is 0 Å². The van der Waals surface area contributed by atoms with E-state index in [1.807, 2.05) is 0 Å². The zero-order valence-electron chi connectivity index (χ0n) is 13.0. The van der Waals surface area contributed by atoms with Crippen LogP contribution in [-0.4, -0.2) is 0 Å². The Morgan fingerprint density at radius 2 is 1.68 bits per heavy atom. The predicted molar refractivity (Wildman–Crippen MR) is 85.2 cm³/mol. The highest BCUT2D eigenvalue weighted by Gasteiger charge is 2.28. The van der Waals surface area contributed by atoms with Crippen LogP contribution in [0, 0.1) is 10.8 Å². The first-order valence-corrected chi connectivity index (χ1v) is 8.07. The number of allylic oxidation sites excluding steroid dienone is 6. The molecule has 0 bridgehead atoms. The molecule has 0 saturated heterocycles. The van der Waals surface area contributed by atoms with Crippen molar-refractivity contribution >= 4 is 0 Å². The fourth-order valence-corrected chi connectivity index (χ4v) is 3.79. The van der Waals surface area contributed by atoms with Gasteiger partial charge in [-0.2, -0.15) is 0 Å². The molecule has 106 valence electrons. The highest BCUT2D eigenvalue weighted by Crippen LogP contribution is 2.42. The molecule has 0 aliphatic heterocycles. The third-order valence-electron chi connectivity index (χ3n) is 5.06. The van der Waals surface area contributed by atoms with E-state index in [2.05, 4.69) is 51.2 Å². The van der Waals surface area contributed by atoms with E-state index >= 15 is 0 Å². The lowest BCUT2D eigenvalue weighted by molar-refractivity contribution is 0.289. The van der Waals surface area contributed by atoms with E-state index in [9.17, 15) is 0 Å². The molecule has 1 fully saturated rings. The zero-order valence-corrected chi connectivity index (χ0v) is 13.0. The minimum Gasteiger partial charge on any atom is -0.0748 e. The van der Waals surface area contributed by atoms with Gasteiger partial charge >= 0.3 is 0 Å². The Hall–Kier alpha value is -0.780. The molecule has 0 N–H and O–H groups in total. The van der Waals surface area contributed by atoms with Crippen molar-refractivity contribution in [3.05, 3.63) is 36.0 Å². The molecule has 1 saturated carbocycles. The van der Waals surface area contributed by atoms with Crippen LogP contribution in [0.1, 0.15) is 72.1 Å². The van der Waals surface area contributed by atoms with Crippen molar-refractivity contribution in [2.24, 2.45) is 10.8 Å². The van der Waals surface area contributed by atoms with Crippen molar-refractivity contribution in [2.45, 2.75) is 72.1 Å². The summed E-state index contributed by atoms with van der Waals surface area (Å²) in [5, 5.41) is 0. The van der Waals surface area contributed by atoms with Crippen LogP contribution in [0.4, 0.5) is 0 Å². The summed E-state index contributed by atoms with van der Waals surface area (Å²) in [5.41, 5.74) is 2.34. The summed E-state index contributed by atoms with van der Waals surface area (Å²) in [4.78, 5) is 0. The summed E-state index contributed by atoms with van der Waals surface area (Å²) in [7, 11) is 0. The monoisotopic (exact) mass is 258 g/mol. The van der Waals surface area contributed by atoms with Gasteiger partial charge in [-0.25, -0.2) is 0 Å². The van der Waals surface area contributed by atoms with Crippen LogP contribution in [0.2, 0.25) is 0 Å². The maximum Gasteiger partial charge on any atom is 0.00415 e. The van der Waals surface area contributed by atoms with Crippen molar-refractivity contribution in [1.82, 2.24) is 0 Å². The average Bonchev–Trinajstić information content (AvgIpc) is 2.70. The summed E-state index contributed by atoms with van der Waals surface area (Å²) in [5.74, 6) is 0. The van der Waals surface area contributed by atoms with E-state index in [1.54, 1.807) is 0 Å². The number of unbranched alkanes of at least 4 members (excludes halogenated alkanes) is 1. The van der Waals surface area contributed by atoms with E-state index in [0.717, 1.165) is 0 Å². The first-order valence-electron chi connectivity index (χ1n) is 8.07. The van der Waals surface area contributed by atoms with E-state index in [-0.39, 0.29) is 5.41 Å². The van der Waals surface area contributed by atoms with Gasteiger partial charge in [-0.1, -0.05) is 75.5 Å². The maximum absolute atomic E-state index is 2.50. The highest BCUT2D eigenvalue weighted by molar-refractivity contribution is 5.29. The number of rotatable bonds is 5. The van der Waals surface area contributed by atoms with Crippen LogP contribution in [-0.2, 0) is 0 Å². The fourth-order valence-electron chi connectivity index (χ4n) is 3.79. The highest BCUT2D eigenvalue weighted by atomic mass is 14.3. The molecule has 1 unspecified atom stereocenters. The number of hydrogen-bond donors (Lipinski definition) is 0. The Bertz CT molecular complexity index is 377. The molecule has 0 radical (unpaired) electrons. The zero-order chi connectivity index (χ0) is 13.8. The molecule has 2 rings (SSSR count). The van der Waals surface area contributed by atoms with Gasteiger partial charge in [0.2, 0.25) is 0 Å². The third kappa shape index (κ3) is 4.37. The van der Waals surface area contributed by atoms with E-state index < -0.39 is 0 Å². The summed E-state index contributed by atoms with van der Waals surface area (Å²) >= 11 is 0. The molecular weight excluding hydrogens is 228 g/mol. The van der Waals surface area contributed by atoms with Crippen LogP contribution < -0.4 is 0 Å². The average molecular weight is 258 g/mol. The second kappa shape index (κ2) is 6.11. The van der Waals surface area contributed by atoms with Gasteiger partial charge in [-0.05, 0) is 38.0 Å². The van der Waals surface area contributed by atoms with Crippen molar-refractivity contribution in [1.29, 1.82) is 0 Å². The standard InChI is InChI=1S/C19H30/c1-17-10-4-5-14-19(3,16-17)15-9-8-13-18(2)11-6-7-12-18/h4-5,10,14,16H,6-9,11-13,15H2,1-3H3. The van der Waals surface area contributed by atoms with E-state index in [1.165, 1.54) is 56.9 Å². The van der Waals surface area contributed by atoms with Gasteiger partial charge in [-0.3, -0.25) is 0 Å². The molecule has 2 aliphatic carbocycles. The molecular formula is C19H30. The lowest BCUT2D eigenvalue weighted by Gasteiger charge is -2.26. The van der Waals surface area contributed by atoms with Gasteiger partial charge in [0.15, 0.2) is 0 Å². The fraction of sp³-hybridized carbons (Fsp3) is 0.684. The largest absolute Gasteiger partial charge is 0.0748 e. The molecule has 1 atom stereocenters. The second-order valence-corrected chi connectivity index (χ2v) is 7.34. The van der Waals surface area contributed by atoms with Crippen molar-refractivity contribution in [2.75, 3.05) is 0 Å². The molecule has 0 aromatic carbocycles. The predicted octanol–water partition coefficient (Wildman–Crippen LogP) is 6.21. The Morgan fingerprint density at radius 1 is 1.00 bits per heavy atom. The Labute approximate surface area is 119 Å². The van der Waals surface area contributed by atoms with Crippen LogP contribution in [0.3, 0.4) is 0 Å². The summed E-state index contributed by atoms with van der Waals surface area (Å²) in [6, 6.07) is 0. The van der Waals surface area contributed by atoms with Crippen molar-refractivity contribution in [3.63, 3.8) is 0 Å². The maximum atomic E-state index is 2.50. The summed E-state index contributed by atoms with van der Waals surface area (Å²) in [6.45, 7) is 7.08. The van der Waals surface area contributed by atoms with Gasteiger partial charge in [0, 0.05) is 5.41 Å². The molecule has 0 aromatic heterocycles. The topological polar surface area (TPSA) is 0 Å². The molecule has 0 aromatic rings. The minimum atomic E-state index is 0.268. The first-order chi connectivity index (χ1) is 9.02. The Morgan fingerprint density at radius 3 is 2.42 bits per heavy atom. The molecule has 2 aliphatic rings. The van der Waals surface area contributed by atoms with Crippen LogP contribution in [0.15, 0.2) is 36.0 Å². The van der Waals surface area contributed by atoms with Gasteiger partial charge in [-0.15, -0.1) is 0 Å². The van der Waals surface area contributed by atoms with Crippen molar-refractivity contribution < 1.29 is 0 Å². The van der Waals surface area contributed by atoms with Gasteiger partial charge in [0.1, 0.15) is 0 Å². The van der Waals surface area contributed by atoms with Crippen LogP contribution >= 0.6 is 0 Å². The third-order valence-corrected chi connectivity index (χ3v) is 5.06. The molecule has 0 heterocycles. The van der Waals surface area contributed by atoms with Gasteiger partial charge in [0.25, 0.3) is 0 Å². The van der Waals surface area contributed by atoms with Crippen LogP contribution in [0.5, 0.6) is 0 Å². The quantitative estimate of drug-likeness (QED) is 0.514. The van der Waals surface area contributed by atoms with Gasteiger partial charge in [0.05, 0.1) is 0 Å². The lowest BCUT2D eigenvalue weighted by Crippen LogP contribution is -2.13. The normalized spacial score (nSPS) is 29.3. The Balaban J connectivity index is 1.77. The SMILES string of the molecule is CC1=CC(C)(CCCCC2(C)CCCC2)C=CC=C1. The molecule has 0 amide bonds. The second-order valence-electron chi connectivity index (χ2n) is 7.34. The van der Waals surface area contributed by atoms with Crippen LogP contribution in [0.25, 0.3) is 0 Å². The smallest absolute Gasteiger partial charge is 0.00415 e. The van der Waals surface area contributed by atoms with E-state index in [4.69, 9.17) is 0 Å². The lowest BCUT2D eigenvalue weighted by atomic mass is 9.80. The number of hydrogen-bond acceptors (Lipinski definition) is 0. The molecule has 0 spiro atoms. The summed E-state index contributed by atoms with van der Waals surface area (Å²) < 4.78 is 0. The molecule has 19 heavy (non-hydrogen) atoms.